The molecule has 100 valence electrons. The molecule has 1 rings (SSSR count). The van der Waals surface area contributed by atoms with Crippen molar-refractivity contribution < 1.29 is 23.1 Å². The van der Waals surface area contributed by atoms with Crippen LogP contribution >= 0.6 is 15.9 Å². The Morgan fingerprint density at radius 1 is 1.50 bits per heavy atom. The highest BCUT2D eigenvalue weighted by Crippen LogP contribution is 2.24. The molecule has 1 aromatic rings. The Kier molecular flexibility index (Phi) is 4.58. The van der Waals surface area contributed by atoms with E-state index in [1.54, 1.807) is 0 Å². The number of rotatable bonds is 3. The highest BCUT2D eigenvalue weighted by atomic mass is 79.9. The van der Waals surface area contributed by atoms with Crippen molar-refractivity contribution in [1.29, 1.82) is 0 Å². The van der Waals surface area contributed by atoms with E-state index in [-0.39, 0.29) is 5.56 Å². The van der Waals surface area contributed by atoms with Crippen LogP contribution in [0, 0.1) is 0 Å². The summed E-state index contributed by atoms with van der Waals surface area (Å²) >= 11 is 3.06. The molecule has 0 aliphatic heterocycles. The first kappa shape index (κ1) is 14.8. The van der Waals surface area contributed by atoms with E-state index in [1.807, 2.05) is 5.32 Å². The Labute approximate surface area is 109 Å². The van der Waals surface area contributed by atoms with Crippen molar-refractivity contribution in [2.24, 2.45) is 0 Å². The molecule has 8 heteroatoms. The van der Waals surface area contributed by atoms with Gasteiger partial charge in [-0.05, 0) is 28.1 Å². The first-order valence-electron chi connectivity index (χ1n) is 4.80. The molecule has 1 atom stereocenters. The lowest BCUT2D eigenvalue weighted by Gasteiger charge is -2.15. The van der Waals surface area contributed by atoms with Crippen LogP contribution in [0.5, 0.6) is 0 Å². The Balaban J connectivity index is 2.70. The van der Waals surface area contributed by atoms with Crippen LogP contribution < -0.4 is 11.1 Å². The molecule has 0 aromatic heterocycles. The molecule has 0 saturated carbocycles. The van der Waals surface area contributed by atoms with Gasteiger partial charge in [0.1, 0.15) is 0 Å². The van der Waals surface area contributed by atoms with E-state index in [0.717, 1.165) is 0 Å². The third kappa shape index (κ3) is 3.61. The Morgan fingerprint density at radius 2 is 2.11 bits per heavy atom. The number of nitrogens with two attached hydrogens (primary N) is 1. The second kappa shape index (κ2) is 5.57. The van der Waals surface area contributed by atoms with Gasteiger partial charge in [0.2, 0.25) is 0 Å². The number of nitrogens with one attached hydrogen (secondary N) is 1. The number of nitrogen functional groups attached to an aromatic ring is 1. The van der Waals surface area contributed by atoms with E-state index in [0.29, 0.717) is 10.2 Å². The second-order valence-corrected chi connectivity index (χ2v) is 4.27. The number of hydrogen-bond donors (Lipinski definition) is 3. The van der Waals surface area contributed by atoms with Crippen LogP contribution in [0.2, 0.25) is 0 Å². The molecule has 1 unspecified atom stereocenters. The van der Waals surface area contributed by atoms with E-state index in [1.165, 1.54) is 18.2 Å². The molecular weight excluding hydrogens is 317 g/mol. The molecule has 0 aliphatic carbocycles. The first-order valence-corrected chi connectivity index (χ1v) is 5.59. The van der Waals surface area contributed by atoms with Gasteiger partial charge in [-0.15, -0.1) is 0 Å². The lowest BCUT2D eigenvalue weighted by Crippen LogP contribution is -2.40. The summed E-state index contributed by atoms with van der Waals surface area (Å²) in [5, 5.41) is 10.7. The van der Waals surface area contributed by atoms with Crippen LogP contribution in [-0.4, -0.2) is 29.8 Å². The summed E-state index contributed by atoms with van der Waals surface area (Å²) in [4.78, 5) is 11.6. The van der Waals surface area contributed by atoms with Gasteiger partial charge in [-0.1, -0.05) is 6.07 Å². The van der Waals surface area contributed by atoms with Crippen LogP contribution in [0.25, 0.3) is 0 Å². The number of halogens is 4. The number of alkyl halides is 3. The largest absolute Gasteiger partial charge is 0.416 e. The predicted octanol–water partition coefficient (Wildman–Crippen LogP) is 1.68. The van der Waals surface area contributed by atoms with Gasteiger partial charge in [0, 0.05) is 5.69 Å². The number of carbonyl (C=O) groups excluding carboxylic acids is 1. The number of benzene rings is 1. The Hall–Kier alpha value is -1.28. The maximum Gasteiger partial charge on any atom is 0.416 e. The summed E-state index contributed by atoms with van der Waals surface area (Å²) in [6, 6.07) is 4.43. The van der Waals surface area contributed by atoms with Gasteiger partial charge in [-0.2, -0.15) is 13.2 Å². The minimum atomic E-state index is -4.76. The normalized spacial score (nSPS) is 13.2. The molecule has 18 heavy (non-hydrogen) atoms. The van der Waals surface area contributed by atoms with Crippen molar-refractivity contribution >= 4 is 27.5 Å². The number of amides is 1. The van der Waals surface area contributed by atoms with Gasteiger partial charge >= 0.3 is 6.18 Å². The fourth-order valence-corrected chi connectivity index (χ4v) is 1.57. The van der Waals surface area contributed by atoms with Crippen molar-refractivity contribution in [2.75, 3.05) is 12.3 Å². The van der Waals surface area contributed by atoms with Crippen molar-refractivity contribution in [3.05, 3.63) is 28.2 Å². The molecule has 0 spiro atoms. The molecule has 1 aromatic carbocycles. The van der Waals surface area contributed by atoms with E-state index in [2.05, 4.69) is 15.9 Å². The van der Waals surface area contributed by atoms with Gasteiger partial charge in [0.05, 0.1) is 16.6 Å². The molecular formula is C10H10BrF3N2O2. The minimum Gasteiger partial charge on any atom is -0.398 e. The maximum absolute atomic E-state index is 12.0. The maximum atomic E-state index is 12.0. The molecule has 4 nitrogen and oxygen atoms in total. The van der Waals surface area contributed by atoms with Crippen LogP contribution in [0.4, 0.5) is 18.9 Å². The molecule has 0 aliphatic rings. The van der Waals surface area contributed by atoms with Crippen LogP contribution in [0.1, 0.15) is 10.4 Å². The summed E-state index contributed by atoms with van der Waals surface area (Å²) in [5.74, 6) is -0.752. The average molecular weight is 327 g/mol. The lowest BCUT2D eigenvalue weighted by atomic mass is 10.2. The standard InChI is InChI=1S/C10H10BrF3N2O2/c11-8-5(2-1-3-6(8)15)9(18)16-4-7(17)10(12,13)14/h1-3,7,17H,4,15H2,(H,16,18). The number of aliphatic hydroxyl groups excluding tert-OH is 1. The zero-order valence-corrected chi connectivity index (χ0v) is 10.5. The Morgan fingerprint density at radius 3 is 2.67 bits per heavy atom. The van der Waals surface area contributed by atoms with Crippen molar-refractivity contribution in [2.45, 2.75) is 12.3 Å². The van der Waals surface area contributed by atoms with Crippen molar-refractivity contribution in [1.82, 2.24) is 5.32 Å². The average Bonchev–Trinajstić information content (AvgIpc) is 2.27. The lowest BCUT2D eigenvalue weighted by molar-refractivity contribution is -0.201. The van der Waals surface area contributed by atoms with Crippen LogP contribution in [0.3, 0.4) is 0 Å². The fraction of sp³-hybridized carbons (Fsp3) is 0.300. The summed E-state index contributed by atoms with van der Waals surface area (Å²) in [5.41, 5.74) is 5.92. The van der Waals surface area contributed by atoms with Gasteiger partial charge in [-0.3, -0.25) is 4.79 Å². The quantitative estimate of drug-likeness (QED) is 0.740. The van der Waals surface area contributed by atoms with Gasteiger partial charge in [-0.25, -0.2) is 0 Å². The van der Waals surface area contributed by atoms with E-state index >= 15 is 0 Å². The minimum absolute atomic E-state index is 0.101. The second-order valence-electron chi connectivity index (χ2n) is 3.48. The number of carbonyl (C=O) groups is 1. The third-order valence-corrected chi connectivity index (χ3v) is 2.99. The summed E-state index contributed by atoms with van der Waals surface area (Å²) in [6.45, 7) is -0.913. The van der Waals surface area contributed by atoms with E-state index in [9.17, 15) is 18.0 Å². The highest BCUT2D eigenvalue weighted by Gasteiger charge is 2.38. The van der Waals surface area contributed by atoms with Gasteiger partial charge in [0.25, 0.3) is 5.91 Å². The highest BCUT2D eigenvalue weighted by molar-refractivity contribution is 9.10. The smallest absolute Gasteiger partial charge is 0.398 e. The predicted molar refractivity (Wildman–Crippen MR) is 62.9 cm³/mol. The molecule has 0 radical (unpaired) electrons. The topological polar surface area (TPSA) is 75.4 Å². The summed E-state index contributed by atoms with van der Waals surface area (Å²) in [7, 11) is 0. The number of anilines is 1. The molecule has 0 fully saturated rings. The van der Waals surface area contributed by atoms with E-state index < -0.39 is 24.7 Å². The van der Waals surface area contributed by atoms with Gasteiger partial charge in [0.15, 0.2) is 6.10 Å². The number of hydrogen-bond acceptors (Lipinski definition) is 3. The summed E-state index contributed by atoms with van der Waals surface area (Å²) in [6.07, 6.45) is -7.36. The molecule has 4 N–H and O–H groups in total. The fourth-order valence-electron chi connectivity index (χ4n) is 1.13. The number of aliphatic hydroxyl groups is 1. The molecule has 0 bridgehead atoms. The van der Waals surface area contributed by atoms with Crippen molar-refractivity contribution in [3.63, 3.8) is 0 Å². The summed E-state index contributed by atoms with van der Waals surface area (Å²) < 4.78 is 36.3. The van der Waals surface area contributed by atoms with Crippen LogP contribution in [0.15, 0.2) is 22.7 Å². The Bertz CT molecular complexity index is 451. The third-order valence-electron chi connectivity index (χ3n) is 2.11. The van der Waals surface area contributed by atoms with Crippen LogP contribution in [-0.2, 0) is 0 Å². The van der Waals surface area contributed by atoms with Crippen molar-refractivity contribution in [3.8, 4) is 0 Å². The SMILES string of the molecule is Nc1cccc(C(=O)NCC(O)C(F)(F)F)c1Br. The monoisotopic (exact) mass is 326 g/mol. The molecule has 0 heterocycles. The zero-order chi connectivity index (χ0) is 13.9. The molecule has 0 saturated heterocycles. The zero-order valence-electron chi connectivity index (χ0n) is 8.96. The van der Waals surface area contributed by atoms with E-state index in [4.69, 9.17) is 10.8 Å². The first-order chi connectivity index (χ1) is 8.23. The molecule has 1 amide bonds. The van der Waals surface area contributed by atoms with Gasteiger partial charge < -0.3 is 16.2 Å².